The molecule has 2 nitrogen and oxygen atoms in total. The number of piperidine rings is 1. The molecule has 0 aromatic heterocycles. The van der Waals surface area contributed by atoms with E-state index in [1.165, 1.54) is 18.9 Å². The van der Waals surface area contributed by atoms with Crippen molar-refractivity contribution in [3.63, 3.8) is 0 Å². The lowest BCUT2D eigenvalue weighted by Crippen LogP contribution is -2.30. The molecule has 4 heteroatoms. The van der Waals surface area contributed by atoms with Gasteiger partial charge in [0.05, 0.1) is 5.56 Å². The molecule has 0 saturated carbocycles. The summed E-state index contributed by atoms with van der Waals surface area (Å²) in [5.41, 5.74) is 1.22. The molecule has 1 unspecified atom stereocenters. The summed E-state index contributed by atoms with van der Waals surface area (Å²) < 4.78 is 13.1. The first-order valence-corrected chi connectivity index (χ1v) is 5.69. The summed E-state index contributed by atoms with van der Waals surface area (Å²) in [5, 5.41) is 12.1. The van der Waals surface area contributed by atoms with Crippen LogP contribution in [0.2, 0.25) is 0 Å². The minimum Gasteiger partial charge on any atom is -0.316 e. The minimum absolute atomic E-state index is 0. The smallest absolute Gasteiger partial charge is 0.140 e. The largest absolute Gasteiger partial charge is 0.316 e. The van der Waals surface area contributed by atoms with Crippen LogP contribution in [-0.2, 0) is 6.42 Å². The minimum atomic E-state index is -0.423. The highest BCUT2D eigenvalue weighted by Gasteiger charge is 2.14. The molecule has 1 heterocycles. The van der Waals surface area contributed by atoms with Gasteiger partial charge in [-0.2, -0.15) is 5.26 Å². The first-order valence-electron chi connectivity index (χ1n) is 5.69. The second kappa shape index (κ2) is 6.58. The zero-order valence-electron chi connectivity index (χ0n) is 9.58. The fourth-order valence-electron chi connectivity index (χ4n) is 2.22. The van der Waals surface area contributed by atoms with Crippen molar-refractivity contribution in [2.75, 3.05) is 13.1 Å². The Morgan fingerprint density at radius 2 is 2.29 bits per heavy atom. The first kappa shape index (κ1) is 14.0. The summed E-state index contributed by atoms with van der Waals surface area (Å²) >= 11 is 0. The van der Waals surface area contributed by atoms with Gasteiger partial charge in [0, 0.05) is 0 Å². The number of nitrogens with one attached hydrogen (secondary N) is 1. The maximum absolute atomic E-state index is 13.1. The van der Waals surface area contributed by atoms with Crippen LogP contribution in [-0.4, -0.2) is 13.1 Å². The molecule has 1 aliphatic heterocycles. The zero-order chi connectivity index (χ0) is 11.4. The maximum atomic E-state index is 13.1. The van der Waals surface area contributed by atoms with E-state index in [0.29, 0.717) is 5.92 Å². The third-order valence-electron chi connectivity index (χ3n) is 3.07. The molecule has 1 aliphatic rings. The Kier molecular flexibility index (Phi) is 5.40. The second-order valence-corrected chi connectivity index (χ2v) is 4.34. The van der Waals surface area contributed by atoms with Gasteiger partial charge in [0.15, 0.2) is 0 Å². The predicted octanol–water partition coefficient (Wildman–Crippen LogP) is 2.66. The van der Waals surface area contributed by atoms with Crippen LogP contribution in [0.5, 0.6) is 0 Å². The molecular formula is C13H16ClFN2. The molecule has 0 bridgehead atoms. The quantitative estimate of drug-likeness (QED) is 0.881. The SMILES string of the molecule is Cl.N#Cc1cc(CC2CCCNC2)ccc1F. The predicted molar refractivity (Wildman–Crippen MR) is 67.7 cm³/mol. The van der Waals surface area contributed by atoms with E-state index in [4.69, 9.17) is 5.26 Å². The van der Waals surface area contributed by atoms with Gasteiger partial charge in [-0.25, -0.2) is 4.39 Å². The number of nitrogens with zero attached hydrogens (tertiary/aromatic N) is 1. The summed E-state index contributed by atoms with van der Waals surface area (Å²) in [6.45, 7) is 2.13. The van der Waals surface area contributed by atoms with Crippen molar-refractivity contribution < 1.29 is 4.39 Å². The van der Waals surface area contributed by atoms with E-state index in [0.717, 1.165) is 25.1 Å². The van der Waals surface area contributed by atoms with Crippen molar-refractivity contribution in [2.45, 2.75) is 19.3 Å². The Balaban J connectivity index is 0.00000144. The molecule has 1 atom stereocenters. The fraction of sp³-hybridized carbons (Fsp3) is 0.462. The van der Waals surface area contributed by atoms with Crippen LogP contribution in [0, 0.1) is 23.1 Å². The van der Waals surface area contributed by atoms with E-state index >= 15 is 0 Å². The van der Waals surface area contributed by atoms with Crippen molar-refractivity contribution in [3.8, 4) is 6.07 Å². The number of benzene rings is 1. The van der Waals surface area contributed by atoms with Crippen LogP contribution in [0.3, 0.4) is 0 Å². The number of halogens is 2. The van der Waals surface area contributed by atoms with E-state index in [9.17, 15) is 4.39 Å². The van der Waals surface area contributed by atoms with Crippen molar-refractivity contribution in [2.24, 2.45) is 5.92 Å². The highest BCUT2D eigenvalue weighted by Crippen LogP contribution is 2.18. The number of rotatable bonds is 2. The Bertz CT molecular complexity index is 408. The van der Waals surface area contributed by atoms with Gasteiger partial charge in [0.25, 0.3) is 0 Å². The summed E-state index contributed by atoms with van der Waals surface area (Å²) in [6.07, 6.45) is 3.35. The molecule has 92 valence electrons. The van der Waals surface area contributed by atoms with Gasteiger partial charge in [-0.3, -0.25) is 0 Å². The second-order valence-electron chi connectivity index (χ2n) is 4.34. The molecule has 1 N–H and O–H groups in total. The van der Waals surface area contributed by atoms with Crippen LogP contribution in [0.4, 0.5) is 4.39 Å². The van der Waals surface area contributed by atoms with Crippen molar-refractivity contribution in [1.29, 1.82) is 5.26 Å². The molecule has 1 aromatic rings. The Labute approximate surface area is 107 Å². The van der Waals surface area contributed by atoms with Crippen LogP contribution in [0.25, 0.3) is 0 Å². The van der Waals surface area contributed by atoms with E-state index in [1.807, 2.05) is 6.07 Å². The van der Waals surface area contributed by atoms with Crippen LogP contribution in [0.15, 0.2) is 18.2 Å². The van der Waals surface area contributed by atoms with Gasteiger partial charge in [-0.15, -0.1) is 12.4 Å². The van der Waals surface area contributed by atoms with E-state index in [2.05, 4.69) is 5.32 Å². The molecule has 17 heavy (non-hydrogen) atoms. The molecular weight excluding hydrogens is 239 g/mol. The Morgan fingerprint density at radius 3 is 2.94 bits per heavy atom. The average Bonchev–Trinajstić information content (AvgIpc) is 2.33. The maximum Gasteiger partial charge on any atom is 0.140 e. The molecule has 1 saturated heterocycles. The van der Waals surface area contributed by atoms with Crippen molar-refractivity contribution in [3.05, 3.63) is 35.1 Å². The number of hydrogen-bond acceptors (Lipinski definition) is 2. The summed E-state index contributed by atoms with van der Waals surface area (Å²) in [5.74, 6) is 0.193. The van der Waals surface area contributed by atoms with Gasteiger partial charge in [-0.05, 0) is 56.0 Å². The highest BCUT2D eigenvalue weighted by molar-refractivity contribution is 5.85. The van der Waals surface area contributed by atoms with Gasteiger partial charge in [0.1, 0.15) is 11.9 Å². The lowest BCUT2D eigenvalue weighted by atomic mass is 9.92. The normalized spacial score (nSPS) is 19.2. The van der Waals surface area contributed by atoms with Crippen LogP contribution >= 0.6 is 12.4 Å². The number of hydrogen-bond donors (Lipinski definition) is 1. The van der Waals surface area contributed by atoms with Crippen molar-refractivity contribution >= 4 is 12.4 Å². The van der Waals surface area contributed by atoms with Gasteiger partial charge < -0.3 is 5.32 Å². The molecule has 1 fully saturated rings. The lowest BCUT2D eigenvalue weighted by molar-refractivity contribution is 0.376. The summed E-state index contributed by atoms with van der Waals surface area (Å²) in [6, 6.07) is 6.73. The molecule has 0 radical (unpaired) electrons. The van der Waals surface area contributed by atoms with Crippen molar-refractivity contribution in [1.82, 2.24) is 5.32 Å². The average molecular weight is 255 g/mol. The molecule has 1 aromatic carbocycles. The monoisotopic (exact) mass is 254 g/mol. The Hall–Kier alpha value is -1.11. The standard InChI is InChI=1S/C13H15FN2.ClH/c14-13-4-3-10(7-12(13)8-15)6-11-2-1-5-16-9-11;/h3-4,7,11,16H,1-2,5-6,9H2;1H. The van der Waals surface area contributed by atoms with E-state index in [1.54, 1.807) is 12.1 Å². The summed E-state index contributed by atoms with van der Waals surface area (Å²) in [7, 11) is 0. The van der Waals surface area contributed by atoms with Crippen LogP contribution in [0.1, 0.15) is 24.0 Å². The van der Waals surface area contributed by atoms with E-state index < -0.39 is 5.82 Å². The zero-order valence-corrected chi connectivity index (χ0v) is 10.4. The van der Waals surface area contributed by atoms with E-state index in [-0.39, 0.29) is 18.0 Å². The molecule has 0 amide bonds. The Morgan fingerprint density at radius 1 is 1.47 bits per heavy atom. The van der Waals surface area contributed by atoms with Gasteiger partial charge in [-0.1, -0.05) is 6.07 Å². The van der Waals surface area contributed by atoms with Gasteiger partial charge >= 0.3 is 0 Å². The third kappa shape index (κ3) is 3.69. The third-order valence-corrected chi connectivity index (χ3v) is 3.07. The lowest BCUT2D eigenvalue weighted by Gasteiger charge is -2.22. The molecule has 0 aliphatic carbocycles. The first-order chi connectivity index (χ1) is 7.79. The summed E-state index contributed by atoms with van der Waals surface area (Å²) in [4.78, 5) is 0. The number of nitriles is 1. The van der Waals surface area contributed by atoms with Gasteiger partial charge in [0.2, 0.25) is 0 Å². The highest BCUT2D eigenvalue weighted by atomic mass is 35.5. The fourth-order valence-corrected chi connectivity index (χ4v) is 2.22. The molecule has 0 spiro atoms. The topological polar surface area (TPSA) is 35.8 Å². The van der Waals surface area contributed by atoms with Crippen LogP contribution < -0.4 is 5.32 Å². The molecule has 2 rings (SSSR count).